The average molecular weight is 213 g/mol. The lowest BCUT2D eigenvalue weighted by molar-refractivity contribution is 0.521. The number of aromatic nitrogens is 2. The smallest absolute Gasteiger partial charge is 0.120 e. The highest BCUT2D eigenvalue weighted by atomic mass is 15.0. The van der Waals surface area contributed by atoms with E-state index in [0.717, 1.165) is 12.4 Å². The van der Waals surface area contributed by atoms with Crippen molar-refractivity contribution in [3.63, 3.8) is 0 Å². The van der Waals surface area contributed by atoms with Gasteiger partial charge in [-0.2, -0.15) is 0 Å². The van der Waals surface area contributed by atoms with Gasteiger partial charge in [-0.1, -0.05) is 24.3 Å². The second-order valence-corrected chi connectivity index (χ2v) is 4.21. The third-order valence-electron chi connectivity index (χ3n) is 3.20. The molecule has 3 heteroatoms. The quantitative estimate of drug-likeness (QED) is 0.820. The molecule has 0 bridgehead atoms. The van der Waals surface area contributed by atoms with E-state index in [1.807, 2.05) is 6.20 Å². The van der Waals surface area contributed by atoms with Gasteiger partial charge in [0.05, 0.1) is 6.54 Å². The number of nitrogens with zero attached hydrogens (tertiary/aromatic N) is 1. The molecule has 1 aromatic heterocycles. The first kappa shape index (κ1) is 9.60. The number of benzene rings is 1. The first-order valence-corrected chi connectivity index (χ1v) is 5.73. The summed E-state index contributed by atoms with van der Waals surface area (Å²) in [7, 11) is 0. The minimum absolute atomic E-state index is 0.487. The van der Waals surface area contributed by atoms with Crippen molar-refractivity contribution in [1.82, 2.24) is 15.3 Å². The highest BCUT2D eigenvalue weighted by molar-refractivity contribution is 5.34. The molecular weight excluding hydrogens is 198 g/mol. The standard InChI is InChI=1S/C13H15N3/c1-2-4-11-10(3-1)5-6-12(11)16-9-13-14-7-8-15-13/h1-4,7-8,12,16H,5-6,9H2,(H,14,15). The molecule has 3 rings (SSSR count). The Balaban J connectivity index is 1.69. The van der Waals surface area contributed by atoms with Crippen LogP contribution in [0.4, 0.5) is 0 Å². The zero-order chi connectivity index (χ0) is 10.8. The molecule has 0 saturated heterocycles. The Morgan fingerprint density at radius 1 is 1.38 bits per heavy atom. The van der Waals surface area contributed by atoms with E-state index in [2.05, 4.69) is 39.6 Å². The van der Waals surface area contributed by atoms with Crippen LogP contribution in [0.1, 0.15) is 29.4 Å². The molecule has 2 aromatic rings. The maximum Gasteiger partial charge on any atom is 0.120 e. The molecule has 1 aliphatic carbocycles. The molecule has 3 nitrogen and oxygen atoms in total. The Morgan fingerprint density at radius 3 is 3.19 bits per heavy atom. The van der Waals surface area contributed by atoms with Crippen LogP contribution in [0.2, 0.25) is 0 Å². The monoisotopic (exact) mass is 213 g/mol. The van der Waals surface area contributed by atoms with Gasteiger partial charge in [-0.05, 0) is 24.0 Å². The van der Waals surface area contributed by atoms with E-state index < -0.39 is 0 Å². The fraction of sp³-hybridized carbons (Fsp3) is 0.308. The number of hydrogen-bond donors (Lipinski definition) is 2. The van der Waals surface area contributed by atoms with E-state index in [4.69, 9.17) is 0 Å². The van der Waals surface area contributed by atoms with Gasteiger partial charge in [0.15, 0.2) is 0 Å². The van der Waals surface area contributed by atoms with Crippen molar-refractivity contribution in [2.45, 2.75) is 25.4 Å². The number of fused-ring (bicyclic) bond motifs is 1. The molecule has 1 aliphatic rings. The van der Waals surface area contributed by atoms with E-state index in [1.54, 1.807) is 6.20 Å². The van der Waals surface area contributed by atoms with Gasteiger partial charge in [0.2, 0.25) is 0 Å². The largest absolute Gasteiger partial charge is 0.348 e. The zero-order valence-electron chi connectivity index (χ0n) is 9.11. The molecule has 0 amide bonds. The number of H-pyrrole nitrogens is 1. The van der Waals surface area contributed by atoms with Gasteiger partial charge in [-0.3, -0.25) is 0 Å². The minimum atomic E-state index is 0.487. The van der Waals surface area contributed by atoms with Gasteiger partial charge in [0, 0.05) is 18.4 Å². The highest BCUT2D eigenvalue weighted by Gasteiger charge is 2.21. The Labute approximate surface area is 94.9 Å². The molecule has 82 valence electrons. The van der Waals surface area contributed by atoms with Gasteiger partial charge in [-0.15, -0.1) is 0 Å². The Morgan fingerprint density at radius 2 is 2.31 bits per heavy atom. The van der Waals surface area contributed by atoms with Gasteiger partial charge < -0.3 is 10.3 Å². The van der Waals surface area contributed by atoms with E-state index >= 15 is 0 Å². The van der Waals surface area contributed by atoms with Gasteiger partial charge in [0.25, 0.3) is 0 Å². The van der Waals surface area contributed by atoms with Crippen LogP contribution in [0.5, 0.6) is 0 Å². The van der Waals surface area contributed by atoms with Crippen molar-refractivity contribution in [2.24, 2.45) is 0 Å². The van der Waals surface area contributed by atoms with Crippen LogP contribution in [-0.2, 0) is 13.0 Å². The number of imidazole rings is 1. The lowest BCUT2D eigenvalue weighted by atomic mass is 10.1. The Kier molecular flexibility index (Phi) is 2.46. The number of rotatable bonds is 3. The molecule has 0 radical (unpaired) electrons. The van der Waals surface area contributed by atoms with Crippen molar-refractivity contribution in [1.29, 1.82) is 0 Å². The summed E-state index contributed by atoms with van der Waals surface area (Å²) in [5.74, 6) is 1.00. The average Bonchev–Trinajstić information content (AvgIpc) is 2.96. The second kappa shape index (κ2) is 4.10. The molecule has 16 heavy (non-hydrogen) atoms. The van der Waals surface area contributed by atoms with E-state index in [1.165, 1.54) is 24.0 Å². The molecule has 1 atom stereocenters. The number of hydrogen-bond acceptors (Lipinski definition) is 2. The zero-order valence-corrected chi connectivity index (χ0v) is 9.11. The summed E-state index contributed by atoms with van der Waals surface area (Å²) in [4.78, 5) is 7.33. The van der Waals surface area contributed by atoms with Crippen LogP contribution < -0.4 is 5.32 Å². The number of aryl methyl sites for hydroxylation is 1. The van der Waals surface area contributed by atoms with Crippen LogP contribution in [0.25, 0.3) is 0 Å². The van der Waals surface area contributed by atoms with Crippen LogP contribution in [0, 0.1) is 0 Å². The predicted molar refractivity (Wildman–Crippen MR) is 62.9 cm³/mol. The second-order valence-electron chi connectivity index (χ2n) is 4.21. The third-order valence-corrected chi connectivity index (χ3v) is 3.20. The Hall–Kier alpha value is -1.61. The molecular formula is C13H15N3. The van der Waals surface area contributed by atoms with Crippen molar-refractivity contribution >= 4 is 0 Å². The molecule has 0 spiro atoms. The van der Waals surface area contributed by atoms with Crippen molar-refractivity contribution in [3.05, 3.63) is 53.6 Å². The summed E-state index contributed by atoms with van der Waals surface area (Å²) in [6, 6.07) is 9.17. The number of nitrogens with one attached hydrogen (secondary N) is 2. The predicted octanol–water partition coefficient (Wildman–Crippen LogP) is 2.19. The van der Waals surface area contributed by atoms with Crippen molar-refractivity contribution < 1.29 is 0 Å². The third kappa shape index (κ3) is 1.74. The maximum absolute atomic E-state index is 4.22. The molecule has 1 unspecified atom stereocenters. The number of aromatic amines is 1. The summed E-state index contributed by atoms with van der Waals surface area (Å²) in [6.07, 6.45) is 6.03. The van der Waals surface area contributed by atoms with Crippen LogP contribution in [0.15, 0.2) is 36.7 Å². The van der Waals surface area contributed by atoms with Gasteiger partial charge in [-0.25, -0.2) is 4.98 Å². The first-order chi connectivity index (χ1) is 7.93. The molecule has 0 aliphatic heterocycles. The molecule has 0 saturated carbocycles. The summed E-state index contributed by atoms with van der Waals surface area (Å²) in [5, 5.41) is 3.55. The van der Waals surface area contributed by atoms with Crippen molar-refractivity contribution in [2.75, 3.05) is 0 Å². The SMILES string of the molecule is c1ccc2c(c1)CCC2NCc1ncc[nH]1. The summed E-state index contributed by atoms with van der Waals surface area (Å²) >= 11 is 0. The van der Waals surface area contributed by atoms with E-state index in [0.29, 0.717) is 6.04 Å². The topological polar surface area (TPSA) is 40.7 Å². The van der Waals surface area contributed by atoms with E-state index in [-0.39, 0.29) is 0 Å². The van der Waals surface area contributed by atoms with Gasteiger partial charge in [0.1, 0.15) is 5.82 Å². The molecule has 1 aromatic carbocycles. The molecule has 1 heterocycles. The minimum Gasteiger partial charge on any atom is -0.348 e. The fourth-order valence-electron chi connectivity index (χ4n) is 2.38. The lowest BCUT2D eigenvalue weighted by Crippen LogP contribution is -2.19. The lowest BCUT2D eigenvalue weighted by Gasteiger charge is -2.12. The highest BCUT2D eigenvalue weighted by Crippen LogP contribution is 2.30. The fourth-order valence-corrected chi connectivity index (χ4v) is 2.38. The first-order valence-electron chi connectivity index (χ1n) is 5.73. The molecule has 0 fully saturated rings. The summed E-state index contributed by atoms with van der Waals surface area (Å²) < 4.78 is 0. The van der Waals surface area contributed by atoms with Crippen LogP contribution in [0.3, 0.4) is 0 Å². The molecule has 2 N–H and O–H groups in total. The summed E-state index contributed by atoms with van der Waals surface area (Å²) in [5.41, 5.74) is 2.94. The van der Waals surface area contributed by atoms with Crippen LogP contribution >= 0.6 is 0 Å². The van der Waals surface area contributed by atoms with Gasteiger partial charge >= 0.3 is 0 Å². The van der Waals surface area contributed by atoms with Crippen molar-refractivity contribution in [3.8, 4) is 0 Å². The maximum atomic E-state index is 4.22. The van der Waals surface area contributed by atoms with E-state index in [9.17, 15) is 0 Å². The summed E-state index contributed by atoms with van der Waals surface area (Å²) in [6.45, 7) is 0.812. The van der Waals surface area contributed by atoms with Crippen LogP contribution in [-0.4, -0.2) is 9.97 Å². The Bertz CT molecular complexity index is 462. The normalized spacial score (nSPS) is 18.6.